The lowest BCUT2D eigenvalue weighted by Crippen LogP contribution is -2.36. The van der Waals surface area contributed by atoms with E-state index in [2.05, 4.69) is 33.5 Å². The molecule has 0 amide bonds. The molecule has 2 heterocycles. The van der Waals surface area contributed by atoms with Crippen LogP contribution < -0.4 is 4.90 Å². The van der Waals surface area contributed by atoms with Gasteiger partial charge in [0.2, 0.25) is 5.95 Å². The topological polar surface area (TPSA) is 36.9 Å². The number of hydrogen-bond acceptors (Lipinski definition) is 3. The lowest BCUT2D eigenvalue weighted by Gasteiger charge is -2.31. The zero-order chi connectivity index (χ0) is 14.1. The van der Waals surface area contributed by atoms with Crippen molar-refractivity contribution in [1.29, 1.82) is 0 Å². The summed E-state index contributed by atoms with van der Waals surface area (Å²) in [5, 5.41) is 7.62. The van der Waals surface area contributed by atoms with Crippen molar-refractivity contribution in [2.24, 2.45) is 5.92 Å². The molecule has 1 N–H and O–H groups in total. The van der Waals surface area contributed by atoms with Crippen LogP contribution in [0.3, 0.4) is 0 Å². The Bertz CT molecular complexity index is 498. The number of hydrogen-bond donors (Lipinski definition) is 1. The van der Waals surface area contributed by atoms with Crippen molar-refractivity contribution >= 4 is 18.2 Å². The normalized spacial score (nSPS) is 24.8. The highest BCUT2D eigenvalue weighted by atomic mass is 32.1. The molecule has 3 rings (SSSR count). The van der Waals surface area contributed by atoms with Gasteiger partial charge in [0.25, 0.3) is 0 Å². The molecule has 112 valence electrons. The van der Waals surface area contributed by atoms with Gasteiger partial charge in [-0.25, -0.2) is 5.10 Å². The second kappa shape index (κ2) is 5.88. The first kappa shape index (κ1) is 14.1. The van der Waals surface area contributed by atoms with Gasteiger partial charge >= 0.3 is 0 Å². The van der Waals surface area contributed by atoms with Crippen molar-refractivity contribution in [3.63, 3.8) is 0 Å². The van der Waals surface area contributed by atoms with Crippen LogP contribution in [0.2, 0.25) is 0 Å². The fourth-order valence-electron chi connectivity index (χ4n) is 3.90. The fraction of sp³-hybridized carbons (Fsp3) is 0.867. The third-order valence-corrected chi connectivity index (χ3v) is 5.24. The molecule has 4 nitrogen and oxygen atoms in total. The number of rotatable bonds is 3. The maximum atomic E-state index is 5.51. The van der Waals surface area contributed by atoms with Crippen LogP contribution in [0.4, 0.5) is 5.95 Å². The van der Waals surface area contributed by atoms with Crippen molar-refractivity contribution in [2.45, 2.75) is 70.9 Å². The third kappa shape index (κ3) is 2.52. The van der Waals surface area contributed by atoms with E-state index < -0.39 is 0 Å². The van der Waals surface area contributed by atoms with Crippen LogP contribution in [0.5, 0.6) is 0 Å². The van der Waals surface area contributed by atoms with Gasteiger partial charge in [-0.1, -0.05) is 33.1 Å². The van der Waals surface area contributed by atoms with Crippen LogP contribution >= 0.6 is 12.2 Å². The maximum absolute atomic E-state index is 5.51. The molecule has 1 aromatic rings. The number of nitrogens with one attached hydrogen (secondary N) is 1. The van der Waals surface area contributed by atoms with Crippen LogP contribution in [-0.2, 0) is 0 Å². The summed E-state index contributed by atoms with van der Waals surface area (Å²) in [5.41, 5.74) is 0. The molecular formula is C15H26N4S. The van der Waals surface area contributed by atoms with E-state index in [9.17, 15) is 0 Å². The first-order valence-corrected chi connectivity index (χ1v) is 8.53. The van der Waals surface area contributed by atoms with E-state index in [0.29, 0.717) is 18.0 Å². The van der Waals surface area contributed by atoms with Gasteiger partial charge in [0.15, 0.2) is 4.77 Å². The van der Waals surface area contributed by atoms with Gasteiger partial charge in [-0.3, -0.25) is 4.57 Å². The average molecular weight is 294 g/mol. The summed E-state index contributed by atoms with van der Waals surface area (Å²) in [6.07, 6.45) is 9.07. The van der Waals surface area contributed by atoms with E-state index in [1.54, 1.807) is 0 Å². The summed E-state index contributed by atoms with van der Waals surface area (Å²) in [5.74, 6) is 1.76. The Kier molecular flexibility index (Phi) is 4.15. The Balaban J connectivity index is 1.91. The summed E-state index contributed by atoms with van der Waals surface area (Å²) < 4.78 is 3.12. The van der Waals surface area contributed by atoms with E-state index in [0.717, 1.165) is 17.3 Å². The molecule has 1 aromatic heterocycles. The van der Waals surface area contributed by atoms with Gasteiger partial charge in [-0.2, -0.15) is 0 Å². The van der Waals surface area contributed by atoms with Crippen molar-refractivity contribution < 1.29 is 0 Å². The van der Waals surface area contributed by atoms with E-state index in [1.165, 1.54) is 44.9 Å². The SMILES string of the molecule is CC(C)C1CCCN1c1n[nH]c(=S)n1C1CCCCC1. The second-order valence-corrected chi connectivity index (χ2v) is 7.02. The number of nitrogens with zero attached hydrogens (tertiary/aromatic N) is 3. The van der Waals surface area contributed by atoms with Gasteiger partial charge < -0.3 is 4.90 Å². The van der Waals surface area contributed by atoms with Crippen LogP contribution in [-0.4, -0.2) is 27.4 Å². The lowest BCUT2D eigenvalue weighted by atomic mass is 9.95. The molecule has 1 unspecified atom stereocenters. The van der Waals surface area contributed by atoms with Crippen LogP contribution in [0.1, 0.15) is 64.8 Å². The number of aromatic amines is 1. The summed E-state index contributed by atoms with van der Waals surface area (Å²) in [6, 6.07) is 1.17. The first-order valence-electron chi connectivity index (χ1n) is 8.12. The molecule has 1 atom stereocenters. The zero-order valence-corrected chi connectivity index (χ0v) is 13.5. The van der Waals surface area contributed by atoms with Gasteiger partial charge in [-0.15, -0.1) is 5.10 Å². The van der Waals surface area contributed by atoms with Crippen LogP contribution in [0, 0.1) is 10.7 Å². The molecule has 0 spiro atoms. The molecular weight excluding hydrogens is 268 g/mol. The molecule has 1 saturated heterocycles. The largest absolute Gasteiger partial charge is 0.338 e. The minimum Gasteiger partial charge on any atom is -0.338 e. The molecule has 0 radical (unpaired) electrons. The summed E-state index contributed by atoms with van der Waals surface area (Å²) in [4.78, 5) is 2.49. The number of anilines is 1. The van der Waals surface area contributed by atoms with E-state index >= 15 is 0 Å². The van der Waals surface area contributed by atoms with E-state index in [1.807, 2.05) is 0 Å². The number of H-pyrrole nitrogens is 1. The van der Waals surface area contributed by atoms with Crippen molar-refractivity contribution in [1.82, 2.24) is 14.8 Å². The van der Waals surface area contributed by atoms with E-state index in [-0.39, 0.29) is 0 Å². The zero-order valence-electron chi connectivity index (χ0n) is 12.6. The van der Waals surface area contributed by atoms with Crippen molar-refractivity contribution in [2.75, 3.05) is 11.4 Å². The summed E-state index contributed by atoms with van der Waals surface area (Å²) in [7, 11) is 0. The standard InChI is InChI=1S/C15H26N4S/c1-11(2)13-9-6-10-18(13)14-16-17-15(20)19(14)12-7-4-3-5-8-12/h11-13H,3-10H2,1-2H3,(H,17,20). The third-order valence-electron chi connectivity index (χ3n) is 4.95. The predicted molar refractivity (Wildman–Crippen MR) is 84.7 cm³/mol. The minimum atomic E-state index is 0.554. The Morgan fingerprint density at radius 1 is 1.15 bits per heavy atom. The molecule has 1 aliphatic carbocycles. The summed E-state index contributed by atoms with van der Waals surface area (Å²) in [6.45, 7) is 5.75. The molecule has 0 aromatic carbocycles. The highest BCUT2D eigenvalue weighted by Crippen LogP contribution is 2.34. The Hall–Kier alpha value is -0.840. The van der Waals surface area contributed by atoms with Gasteiger partial charge in [0.1, 0.15) is 0 Å². The second-order valence-electron chi connectivity index (χ2n) is 6.64. The lowest BCUT2D eigenvalue weighted by molar-refractivity contribution is 0.347. The Morgan fingerprint density at radius 2 is 1.90 bits per heavy atom. The van der Waals surface area contributed by atoms with Crippen LogP contribution in [0.25, 0.3) is 0 Å². The highest BCUT2D eigenvalue weighted by molar-refractivity contribution is 7.71. The number of aromatic nitrogens is 3. The molecule has 20 heavy (non-hydrogen) atoms. The highest BCUT2D eigenvalue weighted by Gasteiger charge is 2.32. The van der Waals surface area contributed by atoms with Crippen molar-refractivity contribution in [3.8, 4) is 0 Å². The molecule has 2 fully saturated rings. The van der Waals surface area contributed by atoms with Gasteiger partial charge in [0.05, 0.1) is 0 Å². The first-order chi connectivity index (χ1) is 9.68. The minimum absolute atomic E-state index is 0.554. The van der Waals surface area contributed by atoms with Gasteiger partial charge in [-0.05, 0) is 43.8 Å². The molecule has 1 aliphatic heterocycles. The summed E-state index contributed by atoms with van der Waals surface area (Å²) >= 11 is 5.51. The van der Waals surface area contributed by atoms with Crippen LogP contribution in [0.15, 0.2) is 0 Å². The van der Waals surface area contributed by atoms with Crippen molar-refractivity contribution in [3.05, 3.63) is 4.77 Å². The maximum Gasteiger partial charge on any atom is 0.226 e. The average Bonchev–Trinajstić information content (AvgIpc) is 3.05. The fourth-order valence-corrected chi connectivity index (χ4v) is 4.18. The predicted octanol–water partition coefficient (Wildman–Crippen LogP) is 4.07. The monoisotopic (exact) mass is 294 g/mol. The van der Waals surface area contributed by atoms with E-state index in [4.69, 9.17) is 12.2 Å². The molecule has 0 bridgehead atoms. The molecule has 5 heteroatoms. The quantitative estimate of drug-likeness (QED) is 0.854. The Morgan fingerprint density at radius 3 is 2.60 bits per heavy atom. The molecule has 2 aliphatic rings. The van der Waals surface area contributed by atoms with Gasteiger partial charge in [0, 0.05) is 18.6 Å². The smallest absolute Gasteiger partial charge is 0.226 e. The Labute approximate surface area is 126 Å². The molecule has 1 saturated carbocycles.